The van der Waals surface area contributed by atoms with Gasteiger partial charge in [0.15, 0.2) is 0 Å². The summed E-state index contributed by atoms with van der Waals surface area (Å²) < 4.78 is 66.8. The molecule has 1 N–H and O–H groups in total. The number of halogens is 3. The fourth-order valence-corrected chi connectivity index (χ4v) is 4.23. The molecule has 2 aromatic carbocycles. The molecule has 0 saturated carbocycles. The molecule has 0 unspecified atom stereocenters. The zero-order chi connectivity index (χ0) is 22.8. The van der Waals surface area contributed by atoms with Gasteiger partial charge in [0.25, 0.3) is 0 Å². The lowest BCUT2D eigenvalue weighted by Gasteiger charge is -2.18. The van der Waals surface area contributed by atoms with Crippen LogP contribution in [-0.4, -0.2) is 48.3 Å². The summed E-state index contributed by atoms with van der Waals surface area (Å²) in [7, 11) is -2.77. The van der Waals surface area contributed by atoms with Crippen LogP contribution in [0.4, 0.5) is 13.2 Å². The van der Waals surface area contributed by atoms with Gasteiger partial charge < -0.3 is 5.32 Å². The number of nitrogens with one attached hydrogen (secondary N) is 1. The van der Waals surface area contributed by atoms with Crippen molar-refractivity contribution >= 4 is 27.0 Å². The first-order valence-corrected chi connectivity index (χ1v) is 10.8. The topological polar surface area (TPSA) is 84.3 Å². The number of likely N-dealkylation sites (N-methyl/N-ethyl adjacent to an activating group) is 1. The van der Waals surface area contributed by atoms with Crippen molar-refractivity contribution in [2.75, 3.05) is 20.1 Å². The second-order valence-electron chi connectivity index (χ2n) is 7.03. The molecule has 7 nitrogen and oxygen atoms in total. The summed E-state index contributed by atoms with van der Waals surface area (Å²) in [5.74, 6) is -1.63. The maximum atomic E-state index is 13.6. The lowest BCUT2D eigenvalue weighted by molar-refractivity contribution is -0.121. The third-order valence-corrected chi connectivity index (χ3v) is 6.57. The van der Waals surface area contributed by atoms with Gasteiger partial charge in [0.2, 0.25) is 15.9 Å². The summed E-state index contributed by atoms with van der Waals surface area (Å²) in [6, 6.07) is 10.7. The van der Waals surface area contributed by atoms with Crippen molar-refractivity contribution in [1.82, 2.24) is 19.2 Å². The molecule has 0 aliphatic rings. The van der Waals surface area contributed by atoms with Crippen molar-refractivity contribution in [3.63, 3.8) is 0 Å². The molecule has 0 fully saturated rings. The van der Waals surface area contributed by atoms with Crippen LogP contribution in [0.3, 0.4) is 0 Å². The van der Waals surface area contributed by atoms with Gasteiger partial charge in [-0.1, -0.05) is 19.1 Å². The Balaban J connectivity index is 1.66. The molecule has 1 heterocycles. The van der Waals surface area contributed by atoms with Gasteiger partial charge >= 0.3 is 6.55 Å². The third-order valence-electron chi connectivity index (χ3n) is 4.75. The fraction of sp³-hybridized carbons (Fsp3) is 0.300. The van der Waals surface area contributed by atoms with Crippen LogP contribution in [0.25, 0.3) is 11.0 Å². The Morgan fingerprint density at radius 3 is 2.45 bits per heavy atom. The van der Waals surface area contributed by atoms with E-state index in [2.05, 4.69) is 10.3 Å². The lowest BCUT2D eigenvalue weighted by atomic mass is 10.1. The molecule has 1 aromatic heterocycles. The summed E-state index contributed by atoms with van der Waals surface area (Å²) in [6.45, 7) is -1.66. The normalized spacial score (nSPS) is 13.1. The highest BCUT2D eigenvalue weighted by molar-refractivity contribution is 7.89. The zero-order valence-electron chi connectivity index (χ0n) is 16.8. The molecule has 166 valence electrons. The van der Waals surface area contributed by atoms with Gasteiger partial charge in [-0.2, -0.15) is 13.1 Å². The minimum Gasteiger partial charge on any atom is -0.354 e. The van der Waals surface area contributed by atoms with Crippen LogP contribution in [0.1, 0.15) is 25.2 Å². The fourth-order valence-electron chi connectivity index (χ4n) is 3.10. The highest BCUT2D eigenvalue weighted by Gasteiger charge is 2.25. The molecule has 0 aliphatic heterocycles. The number of sulfonamides is 1. The molecule has 0 saturated heterocycles. The average Bonchev–Trinajstić information content (AvgIpc) is 3.12. The van der Waals surface area contributed by atoms with Gasteiger partial charge in [0, 0.05) is 19.5 Å². The Kier molecular flexibility index (Phi) is 6.65. The predicted octanol–water partition coefficient (Wildman–Crippen LogP) is 3.11. The van der Waals surface area contributed by atoms with Crippen molar-refractivity contribution in [1.29, 1.82) is 0 Å². The van der Waals surface area contributed by atoms with Gasteiger partial charge in [0.05, 0.1) is 22.5 Å². The minimum atomic E-state index is -3.99. The van der Waals surface area contributed by atoms with Crippen molar-refractivity contribution in [2.45, 2.75) is 24.3 Å². The number of aromatic nitrogens is 2. The molecule has 0 spiro atoms. The lowest BCUT2D eigenvalue weighted by Crippen LogP contribution is -2.39. The number of rotatable bonds is 8. The number of carbonyl (C=O) groups excluding carboxylic acids is 1. The highest BCUT2D eigenvalue weighted by Crippen LogP contribution is 2.27. The van der Waals surface area contributed by atoms with Crippen LogP contribution in [-0.2, 0) is 14.8 Å². The summed E-state index contributed by atoms with van der Waals surface area (Å²) in [5.41, 5.74) is 0.705. The Morgan fingerprint density at radius 2 is 1.81 bits per heavy atom. The van der Waals surface area contributed by atoms with E-state index in [-0.39, 0.29) is 22.8 Å². The van der Waals surface area contributed by atoms with Crippen molar-refractivity contribution in [3.8, 4) is 0 Å². The second kappa shape index (κ2) is 9.06. The number of nitrogens with zero attached hydrogens (tertiary/aromatic N) is 3. The molecule has 1 amide bonds. The molecule has 0 bridgehead atoms. The summed E-state index contributed by atoms with van der Waals surface area (Å²) in [6.07, 6.45) is 0. The summed E-state index contributed by atoms with van der Waals surface area (Å²) in [5, 5.41) is 2.55. The van der Waals surface area contributed by atoms with Crippen molar-refractivity contribution < 1.29 is 26.4 Å². The number of hydrogen-bond acceptors (Lipinski definition) is 4. The Labute approximate surface area is 177 Å². The molecule has 3 aromatic rings. The molecule has 31 heavy (non-hydrogen) atoms. The zero-order valence-corrected chi connectivity index (χ0v) is 17.6. The van der Waals surface area contributed by atoms with Crippen LogP contribution >= 0.6 is 0 Å². The standard InChI is InChI=1S/C20H21F3N4O3S/c1-13(19-25-16-5-3-4-6-17(16)27(19)20(22)23)11-24-18(28)12-26(2)31(29,30)15-9-7-14(21)8-10-15/h3-10,13,20H,11-12H2,1-2H3,(H,24,28)/t13-/m0/s1. The highest BCUT2D eigenvalue weighted by atomic mass is 32.2. The van der Waals surface area contributed by atoms with Crippen LogP contribution in [0.15, 0.2) is 53.4 Å². The number of amides is 1. The van der Waals surface area contributed by atoms with E-state index >= 15 is 0 Å². The van der Waals surface area contributed by atoms with E-state index in [1.807, 2.05) is 0 Å². The van der Waals surface area contributed by atoms with Gasteiger partial charge in [0.1, 0.15) is 11.6 Å². The Hall–Kier alpha value is -2.92. The van der Waals surface area contributed by atoms with Gasteiger partial charge in [-0.05, 0) is 36.4 Å². The molecule has 0 aliphatic carbocycles. The van der Waals surface area contributed by atoms with Crippen LogP contribution in [0.2, 0.25) is 0 Å². The van der Waals surface area contributed by atoms with E-state index in [1.54, 1.807) is 31.2 Å². The maximum Gasteiger partial charge on any atom is 0.320 e. The van der Waals surface area contributed by atoms with Crippen molar-refractivity contribution in [2.24, 2.45) is 0 Å². The van der Waals surface area contributed by atoms with Gasteiger partial charge in [-0.25, -0.2) is 17.8 Å². The van der Waals surface area contributed by atoms with E-state index in [1.165, 1.54) is 7.05 Å². The molecular weight excluding hydrogens is 433 g/mol. The molecule has 1 atom stereocenters. The Morgan fingerprint density at radius 1 is 1.16 bits per heavy atom. The van der Waals surface area contributed by atoms with E-state index in [0.29, 0.717) is 5.52 Å². The largest absolute Gasteiger partial charge is 0.354 e. The number of hydrogen-bond donors (Lipinski definition) is 1. The van der Waals surface area contributed by atoms with E-state index in [9.17, 15) is 26.4 Å². The average molecular weight is 454 g/mol. The van der Waals surface area contributed by atoms with E-state index in [0.717, 1.165) is 33.1 Å². The van der Waals surface area contributed by atoms with Gasteiger partial charge in [-0.15, -0.1) is 0 Å². The number of alkyl halides is 2. The number of fused-ring (bicyclic) bond motifs is 1. The number of carbonyl (C=O) groups is 1. The van der Waals surface area contributed by atoms with Crippen LogP contribution in [0.5, 0.6) is 0 Å². The SMILES string of the molecule is C[C@@H](CNC(=O)CN(C)S(=O)(=O)c1ccc(F)cc1)c1nc2ccccc2n1C(F)F. The third kappa shape index (κ3) is 4.88. The molecule has 0 radical (unpaired) electrons. The van der Waals surface area contributed by atoms with E-state index in [4.69, 9.17) is 0 Å². The molecule has 3 rings (SSSR count). The molecular formula is C20H21F3N4O3S. The first-order valence-electron chi connectivity index (χ1n) is 9.35. The molecule has 11 heteroatoms. The van der Waals surface area contributed by atoms with Gasteiger partial charge in [-0.3, -0.25) is 9.36 Å². The number of para-hydroxylation sites is 2. The quantitative estimate of drug-likeness (QED) is 0.567. The minimum absolute atomic E-state index is 0.0146. The monoisotopic (exact) mass is 454 g/mol. The predicted molar refractivity (Wildman–Crippen MR) is 109 cm³/mol. The smallest absolute Gasteiger partial charge is 0.320 e. The summed E-state index contributed by atoms with van der Waals surface area (Å²) in [4.78, 5) is 16.4. The van der Waals surface area contributed by atoms with Crippen LogP contribution in [0, 0.1) is 5.82 Å². The number of imidazole rings is 1. The van der Waals surface area contributed by atoms with E-state index < -0.39 is 40.8 Å². The second-order valence-corrected chi connectivity index (χ2v) is 9.07. The maximum absolute atomic E-state index is 13.6. The first kappa shape index (κ1) is 22.8. The summed E-state index contributed by atoms with van der Waals surface area (Å²) >= 11 is 0. The Bertz CT molecular complexity index is 1180. The van der Waals surface area contributed by atoms with Crippen molar-refractivity contribution in [3.05, 3.63) is 60.2 Å². The first-order chi connectivity index (χ1) is 14.6. The number of benzene rings is 2. The van der Waals surface area contributed by atoms with Crippen LogP contribution < -0.4 is 5.32 Å².